The number of aromatic amines is 1. The predicted octanol–water partition coefficient (Wildman–Crippen LogP) is 3.12. The van der Waals surface area contributed by atoms with Crippen LogP contribution < -0.4 is 10.9 Å². The third-order valence-electron chi connectivity index (χ3n) is 3.95. The van der Waals surface area contributed by atoms with E-state index in [0.29, 0.717) is 6.54 Å². The molecule has 6 nitrogen and oxygen atoms in total. The van der Waals surface area contributed by atoms with Gasteiger partial charge < -0.3 is 19.6 Å². The summed E-state index contributed by atoms with van der Waals surface area (Å²) < 4.78 is 5.49. The number of carbonyl (C=O) groups is 1. The molecule has 3 heterocycles. The second-order valence-electron chi connectivity index (χ2n) is 5.42. The van der Waals surface area contributed by atoms with Crippen LogP contribution in [0.1, 0.15) is 37.5 Å². The fraction of sp³-hybridized carbons (Fsp3) is 0.375. The van der Waals surface area contributed by atoms with Gasteiger partial charge in [-0.05, 0) is 37.1 Å². The molecule has 6 heteroatoms. The number of amides is 2. The topological polar surface area (TPSA) is 78.3 Å². The smallest absolute Gasteiger partial charge is 0.322 e. The number of nitrogens with one attached hydrogen (secondary N) is 2. The van der Waals surface area contributed by atoms with Crippen molar-refractivity contribution in [3.05, 3.63) is 52.8 Å². The second-order valence-corrected chi connectivity index (χ2v) is 5.42. The summed E-state index contributed by atoms with van der Waals surface area (Å²) in [6, 6.07) is 6.66. The molecule has 2 aromatic rings. The molecule has 0 radical (unpaired) electrons. The van der Waals surface area contributed by atoms with Gasteiger partial charge in [0.05, 0.1) is 12.3 Å². The summed E-state index contributed by atoms with van der Waals surface area (Å²) in [7, 11) is 0. The van der Waals surface area contributed by atoms with Gasteiger partial charge >= 0.3 is 6.03 Å². The summed E-state index contributed by atoms with van der Waals surface area (Å²) >= 11 is 0. The maximum atomic E-state index is 12.6. The Balaban J connectivity index is 1.81. The molecule has 0 unspecified atom stereocenters. The summed E-state index contributed by atoms with van der Waals surface area (Å²) in [6.45, 7) is 0.655. The maximum Gasteiger partial charge on any atom is 0.322 e. The zero-order valence-corrected chi connectivity index (χ0v) is 12.2. The molecule has 0 aliphatic carbocycles. The Bertz CT molecular complexity index is 678. The maximum absolute atomic E-state index is 12.6. The van der Waals surface area contributed by atoms with Crippen LogP contribution in [0.25, 0.3) is 0 Å². The van der Waals surface area contributed by atoms with Crippen LogP contribution in [0.3, 0.4) is 0 Å². The highest BCUT2D eigenvalue weighted by Gasteiger charge is 2.28. The van der Waals surface area contributed by atoms with Crippen molar-refractivity contribution < 1.29 is 9.21 Å². The van der Waals surface area contributed by atoms with Crippen LogP contribution in [0.5, 0.6) is 0 Å². The van der Waals surface area contributed by atoms with E-state index >= 15 is 0 Å². The summed E-state index contributed by atoms with van der Waals surface area (Å²) in [5.41, 5.74) is -0.0461. The van der Waals surface area contributed by atoms with Gasteiger partial charge in [0.2, 0.25) is 0 Å². The van der Waals surface area contributed by atoms with Crippen LogP contribution in [-0.4, -0.2) is 22.5 Å². The first-order chi connectivity index (χ1) is 10.8. The number of rotatable bonds is 2. The van der Waals surface area contributed by atoms with Gasteiger partial charge in [-0.25, -0.2) is 4.79 Å². The largest absolute Gasteiger partial charge is 0.467 e. The number of carbonyl (C=O) groups excluding carboxylic acids is 1. The SMILES string of the molecule is O=C(Nc1ccc[nH]c1=O)N1CCCCC[C@H]1c1ccco1. The van der Waals surface area contributed by atoms with E-state index in [4.69, 9.17) is 4.42 Å². The van der Waals surface area contributed by atoms with Crippen molar-refractivity contribution in [2.75, 3.05) is 11.9 Å². The van der Waals surface area contributed by atoms with Gasteiger partial charge in [0.15, 0.2) is 0 Å². The van der Waals surface area contributed by atoms with Crippen LogP contribution in [0.4, 0.5) is 10.5 Å². The molecule has 0 bridgehead atoms. The minimum absolute atomic E-state index is 0.0831. The molecule has 116 valence electrons. The highest BCUT2D eigenvalue weighted by atomic mass is 16.3. The normalized spacial score (nSPS) is 18.7. The second kappa shape index (κ2) is 6.51. The van der Waals surface area contributed by atoms with Crippen molar-refractivity contribution in [1.82, 2.24) is 9.88 Å². The zero-order valence-electron chi connectivity index (χ0n) is 12.2. The Morgan fingerprint density at radius 1 is 1.27 bits per heavy atom. The van der Waals surface area contributed by atoms with E-state index in [1.54, 1.807) is 23.3 Å². The number of hydrogen-bond acceptors (Lipinski definition) is 3. The Morgan fingerprint density at radius 2 is 2.18 bits per heavy atom. The number of likely N-dealkylation sites (tertiary alicyclic amines) is 1. The van der Waals surface area contributed by atoms with Crippen LogP contribution >= 0.6 is 0 Å². The molecule has 1 atom stereocenters. The lowest BCUT2D eigenvalue weighted by molar-refractivity contribution is 0.179. The molecule has 0 aromatic carbocycles. The number of urea groups is 1. The number of furan rings is 1. The van der Waals surface area contributed by atoms with Gasteiger partial charge in [-0.15, -0.1) is 0 Å². The van der Waals surface area contributed by atoms with Gasteiger partial charge in [0, 0.05) is 12.7 Å². The molecule has 3 rings (SSSR count). The lowest BCUT2D eigenvalue weighted by Gasteiger charge is -2.28. The van der Waals surface area contributed by atoms with Crippen molar-refractivity contribution in [2.24, 2.45) is 0 Å². The van der Waals surface area contributed by atoms with Crippen LogP contribution in [0.15, 0.2) is 45.9 Å². The van der Waals surface area contributed by atoms with Gasteiger partial charge in [0.25, 0.3) is 5.56 Å². The lowest BCUT2D eigenvalue weighted by Crippen LogP contribution is -2.39. The van der Waals surface area contributed by atoms with Crippen molar-refractivity contribution >= 4 is 11.7 Å². The summed E-state index contributed by atoms with van der Waals surface area (Å²) in [4.78, 5) is 28.6. The lowest BCUT2D eigenvalue weighted by atomic mass is 10.1. The summed E-state index contributed by atoms with van der Waals surface area (Å²) in [6.07, 6.45) is 7.13. The first-order valence-electron chi connectivity index (χ1n) is 7.54. The van der Waals surface area contributed by atoms with Crippen molar-refractivity contribution in [3.8, 4) is 0 Å². The number of pyridine rings is 1. The molecule has 1 saturated heterocycles. The van der Waals surface area contributed by atoms with Gasteiger partial charge in [-0.2, -0.15) is 0 Å². The molecule has 2 aromatic heterocycles. The molecule has 0 spiro atoms. The molecule has 2 amide bonds. The fourth-order valence-electron chi connectivity index (χ4n) is 2.84. The average molecular weight is 301 g/mol. The molecule has 1 aliphatic heterocycles. The number of aromatic nitrogens is 1. The third kappa shape index (κ3) is 3.05. The van der Waals surface area contributed by atoms with E-state index in [1.807, 2.05) is 12.1 Å². The van der Waals surface area contributed by atoms with E-state index in [1.165, 1.54) is 6.20 Å². The van der Waals surface area contributed by atoms with Crippen LogP contribution in [0, 0.1) is 0 Å². The highest BCUT2D eigenvalue weighted by Crippen LogP contribution is 2.30. The molecule has 0 saturated carbocycles. The standard InChI is InChI=1S/C16H19N3O3/c20-15-12(6-4-9-17-15)18-16(21)19-10-3-1-2-7-13(19)14-8-5-11-22-14/h4-6,8-9,11,13H,1-3,7,10H2,(H,17,20)(H,18,21)/t13-/m0/s1. The van der Waals surface area contributed by atoms with Gasteiger partial charge in [-0.1, -0.05) is 12.8 Å². The highest BCUT2D eigenvalue weighted by molar-refractivity contribution is 5.89. The van der Waals surface area contributed by atoms with Crippen LogP contribution in [-0.2, 0) is 0 Å². The summed E-state index contributed by atoms with van der Waals surface area (Å²) in [5.74, 6) is 0.791. The molecule has 1 fully saturated rings. The minimum Gasteiger partial charge on any atom is -0.467 e. The number of hydrogen-bond donors (Lipinski definition) is 2. The van der Waals surface area contributed by atoms with Crippen molar-refractivity contribution in [3.63, 3.8) is 0 Å². The van der Waals surface area contributed by atoms with E-state index in [-0.39, 0.29) is 23.3 Å². The Morgan fingerprint density at radius 3 is 2.95 bits per heavy atom. The Labute approximate surface area is 128 Å². The van der Waals surface area contributed by atoms with E-state index in [0.717, 1.165) is 31.4 Å². The first-order valence-corrected chi connectivity index (χ1v) is 7.54. The van der Waals surface area contributed by atoms with E-state index in [9.17, 15) is 9.59 Å². The summed E-state index contributed by atoms with van der Waals surface area (Å²) in [5, 5.41) is 2.70. The van der Waals surface area contributed by atoms with Crippen molar-refractivity contribution in [2.45, 2.75) is 31.7 Å². The molecule has 1 aliphatic rings. The fourth-order valence-corrected chi connectivity index (χ4v) is 2.84. The predicted molar refractivity (Wildman–Crippen MR) is 82.7 cm³/mol. The molecule has 22 heavy (non-hydrogen) atoms. The van der Waals surface area contributed by atoms with Crippen LogP contribution in [0.2, 0.25) is 0 Å². The van der Waals surface area contributed by atoms with Gasteiger partial charge in [-0.3, -0.25) is 4.79 Å². The molecular formula is C16H19N3O3. The third-order valence-corrected chi connectivity index (χ3v) is 3.95. The number of anilines is 1. The quantitative estimate of drug-likeness (QED) is 0.894. The van der Waals surface area contributed by atoms with E-state index in [2.05, 4.69) is 10.3 Å². The van der Waals surface area contributed by atoms with Gasteiger partial charge in [0.1, 0.15) is 11.4 Å². The molecular weight excluding hydrogens is 282 g/mol. The Kier molecular flexibility index (Phi) is 4.27. The van der Waals surface area contributed by atoms with E-state index < -0.39 is 0 Å². The first kappa shape index (κ1) is 14.4. The monoisotopic (exact) mass is 301 g/mol. The van der Waals surface area contributed by atoms with Crippen molar-refractivity contribution in [1.29, 1.82) is 0 Å². The minimum atomic E-state index is -0.305. The number of H-pyrrole nitrogens is 1. The Hall–Kier alpha value is -2.50. The number of nitrogens with zero attached hydrogens (tertiary/aromatic N) is 1. The molecule has 2 N–H and O–H groups in total. The zero-order chi connectivity index (χ0) is 15.4. The average Bonchev–Trinajstić information content (AvgIpc) is 2.94.